The zero-order chi connectivity index (χ0) is 20.1. The van der Waals surface area contributed by atoms with Gasteiger partial charge < -0.3 is 14.8 Å². The third kappa shape index (κ3) is 4.47. The molecule has 0 radical (unpaired) electrons. The number of carbonyl (C=O) groups excluding carboxylic acids is 1. The van der Waals surface area contributed by atoms with Gasteiger partial charge in [0.05, 0.1) is 6.04 Å². The van der Waals surface area contributed by atoms with Gasteiger partial charge in [-0.25, -0.2) is 9.78 Å². The summed E-state index contributed by atoms with van der Waals surface area (Å²) in [5.41, 5.74) is 3.41. The molecule has 0 bridgehead atoms. The normalized spacial score (nSPS) is 16.6. The van der Waals surface area contributed by atoms with E-state index in [0.717, 1.165) is 42.9 Å². The molecule has 3 heterocycles. The molecule has 1 saturated heterocycles. The van der Waals surface area contributed by atoms with Crippen molar-refractivity contribution in [3.05, 3.63) is 72.3 Å². The minimum absolute atomic E-state index is 0.0221. The van der Waals surface area contributed by atoms with Gasteiger partial charge in [-0.2, -0.15) is 0 Å². The van der Waals surface area contributed by atoms with Gasteiger partial charge in [0.15, 0.2) is 0 Å². The third-order valence-corrected chi connectivity index (χ3v) is 5.50. The lowest BCUT2D eigenvalue weighted by molar-refractivity contribution is 0.167. The molecular weight excluding hydrogens is 362 g/mol. The van der Waals surface area contributed by atoms with Crippen LogP contribution in [0.2, 0.25) is 0 Å². The van der Waals surface area contributed by atoms with E-state index in [2.05, 4.69) is 38.9 Å². The van der Waals surface area contributed by atoms with E-state index in [-0.39, 0.29) is 12.1 Å². The maximum atomic E-state index is 12.7. The van der Waals surface area contributed by atoms with Crippen molar-refractivity contribution in [2.75, 3.05) is 19.6 Å². The Hall–Kier alpha value is -3.15. The summed E-state index contributed by atoms with van der Waals surface area (Å²) in [5, 5.41) is 3.08. The van der Waals surface area contributed by atoms with E-state index >= 15 is 0 Å². The van der Waals surface area contributed by atoms with Crippen LogP contribution in [0.3, 0.4) is 0 Å². The molecule has 1 atom stereocenters. The van der Waals surface area contributed by atoms with Crippen LogP contribution in [0.4, 0.5) is 4.79 Å². The van der Waals surface area contributed by atoms with Crippen LogP contribution in [0.1, 0.15) is 30.1 Å². The molecule has 1 fully saturated rings. The van der Waals surface area contributed by atoms with Crippen molar-refractivity contribution in [3.8, 4) is 11.4 Å². The van der Waals surface area contributed by atoms with Crippen LogP contribution < -0.4 is 5.32 Å². The summed E-state index contributed by atoms with van der Waals surface area (Å²) in [6, 6.07) is 14.5. The molecule has 1 N–H and O–H groups in total. The van der Waals surface area contributed by atoms with Crippen molar-refractivity contribution in [3.63, 3.8) is 0 Å². The highest BCUT2D eigenvalue weighted by atomic mass is 16.2. The van der Waals surface area contributed by atoms with Gasteiger partial charge in [-0.1, -0.05) is 30.3 Å². The second-order valence-electron chi connectivity index (χ2n) is 7.54. The number of pyridine rings is 1. The van der Waals surface area contributed by atoms with Crippen LogP contribution in [0.5, 0.6) is 0 Å². The van der Waals surface area contributed by atoms with Crippen molar-refractivity contribution in [2.45, 2.75) is 32.2 Å². The summed E-state index contributed by atoms with van der Waals surface area (Å²) >= 11 is 0. The van der Waals surface area contributed by atoms with Gasteiger partial charge in [0.1, 0.15) is 5.82 Å². The Morgan fingerprint density at radius 1 is 1.17 bits per heavy atom. The Kier molecular flexibility index (Phi) is 5.89. The molecule has 1 aromatic carbocycles. The van der Waals surface area contributed by atoms with Crippen LogP contribution in [-0.4, -0.2) is 45.1 Å². The van der Waals surface area contributed by atoms with Crippen LogP contribution >= 0.6 is 0 Å². The maximum Gasteiger partial charge on any atom is 0.317 e. The first kappa shape index (κ1) is 19.2. The fourth-order valence-corrected chi connectivity index (χ4v) is 4.04. The number of benzene rings is 1. The van der Waals surface area contributed by atoms with Gasteiger partial charge in [0, 0.05) is 49.5 Å². The van der Waals surface area contributed by atoms with Crippen molar-refractivity contribution >= 4 is 6.03 Å². The predicted molar refractivity (Wildman–Crippen MR) is 114 cm³/mol. The van der Waals surface area contributed by atoms with Crippen molar-refractivity contribution in [1.29, 1.82) is 0 Å². The number of rotatable bonds is 5. The van der Waals surface area contributed by atoms with Crippen LogP contribution in [0.25, 0.3) is 11.4 Å². The van der Waals surface area contributed by atoms with Crippen molar-refractivity contribution in [2.24, 2.45) is 0 Å². The van der Waals surface area contributed by atoms with E-state index in [1.165, 1.54) is 5.56 Å². The number of piperidine rings is 1. The monoisotopic (exact) mass is 389 g/mol. The number of nitrogens with one attached hydrogen (secondary N) is 1. The van der Waals surface area contributed by atoms with Gasteiger partial charge in [-0.05, 0) is 43.9 Å². The van der Waals surface area contributed by atoms with Gasteiger partial charge in [-0.15, -0.1) is 0 Å². The molecule has 2 amide bonds. The molecule has 6 nitrogen and oxygen atoms in total. The second-order valence-corrected chi connectivity index (χ2v) is 7.54. The van der Waals surface area contributed by atoms with Crippen LogP contribution in [-0.2, 0) is 6.42 Å². The van der Waals surface area contributed by atoms with Gasteiger partial charge in [-0.3, -0.25) is 4.98 Å². The largest absolute Gasteiger partial charge is 0.338 e. The summed E-state index contributed by atoms with van der Waals surface area (Å²) in [4.78, 5) is 23.4. The average Bonchev–Trinajstić information content (AvgIpc) is 3.16. The molecule has 4 rings (SSSR count). The van der Waals surface area contributed by atoms with E-state index in [9.17, 15) is 4.79 Å². The molecule has 6 heteroatoms. The highest BCUT2D eigenvalue weighted by molar-refractivity contribution is 5.74. The summed E-state index contributed by atoms with van der Waals surface area (Å²) in [6.07, 6.45) is 8.37. The number of aryl methyl sites for hydroxylation is 1. The molecule has 29 heavy (non-hydrogen) atoms. The molecule has 1 aliphatic rings. The lowest BCUT2D eigenvalue weighted by Crippen LogP contribution is -2.46. The number of likely N-dealkylation sites (tertiary alicyclic amines) is 1. The topological polar surface area (TPSA) is 63.1 Å². The third-order valence-electron chi connectivity index (χ3n) is 5.50. The van der Waals surface area contributed by atoms with Crippen LogP contribution in [0, 0.1) is 6.92 Å². The Bertz CT molecular complexity index is 938. The zero-order valence-corrected chi connectivity index (χ0v) is 16.8. The Labute approximate surface area is 171 Å². The smallest absolute Gasteiger partial charge is 0.317 e. The highest BCUT2D eigenvalue weighted by Crippen LogP contribution is 2.29. The standard InChI is InChI=1S/C23H27N5O/c1-18-16-26-22(20-10-12-24-13-11-20)28(18)21-8-5-15-27(17-21)23(29)25-14-9-19-6-3-2-4-7-19/h2-4,6-7,10-13,16,21H,5,8-9,14-15,17H2,1H3,(H,25,29). The summed E-state index contributed by atoms with van der Waals surface area (Å²) in [5.74, 6) is 0.946. The number of hydrogen-bond donors (Lipinski definition) is 1. The molecule has 0 aliphatic carbocycles. The average molecular weight is 390 g/mol. The second kappa shape index (κ2) is 8.90. The zero-order valence-electron chi connectivity index (χ0n) is 16.8. The number of hydrogen-bond acceptors (Lipinski definition) is 3. The van der Waals surface area contributed by atoms with Gasteiger partial charge >= 0.3 is 6.03 Å². The molecule has 1 aliphatic heterocycles. The fourth-order valence-electron chi connectivity index (χ4n) is 4.04. The molecule has 150 valence electrons. The first-order valence-corrected chi connectivity index (χ1v) is 10.2. The summed E-state index contributed by atoms with van der Waals surface area (Å²) < 4.78 is 2.28. The van der Waals surface area contributed by atoms with Gasteiger partial charge in [0.2, 0.25) is 0 Å². The first-order valence-electron chi connectivity index (χ1n) is 10.2. The molecule has 0 saturated carbocycles. The highest BCUT2D eigenvalue weighted by Gasteiger charge is 2.27. The predicted octanol–water partition coefficient (Wildman–Crippen LogP) is 3.84. The summed E-state index contributed by atoms with van der Waals surface area (Å²) in [6.45, 7) is 4.23. The lowest BCUT2D eigenvalue weighted by atomic mass is 10.0. The number of imidazole rings is 1. The van der Waals surface area contributed by atoms with Crippen molar-refractivity contribution < 1.29 is 4.79 Å². The van der Waals surface area contributed by atoms with E-state index in [0.29, 0.717) is 13.1 Å². The van der Waals surface area contributed by atoms with E-state index < -0.39 is 0 Å². The van der Waals surface area contributed by atoms with Crippen LogP contribution in [0.15, 0.2) is 61.1 Å². The first-order chi connectivity index (χ1) is 14.2. The number of amides is 2. The molecule has 0 spiro atoms. The van der Waals surface area contributed by atoms with E-state index in [1.54, 1.807) is 12.4 Å². The summed E-state index contributed by atoms with van der Waals surface area (Å²) in [7, 11) is 0. The maximum absolute atomic E-state index is 12.7. The number of urea groups is 1. The van der Waals surface area contributed by atoms with Crippen molar-refractivity contribution in [1.82, 2.24) is 24.8 Å². The minimum Gasteiger partial charge on any atom is -0.338 e. The lowest BCUT2D eigenvalue weighted by Gasteiger charge is -2.34. The molecule has 2 aromatic heterocycles. The Balaban J connectivity index is 1.41. The fraction of sp³-hybridized carbons (Fsp3) is 0.348. The Morgan fingerprint density at radius 3 is 2.76 bits per heavy atom. The number of nitrogens with zero attached hydrogens (tertiary/aromatic N) is 4. The van der Waals surface area contributed by atoms with Gasteiger partial charge in [0.25, 0.3) is 0 Å². The molecule has 3 aromatic rings. The van der Waals surface area contributed by atoms with E-state index in [4.69, 9.17) is 0 Å². The number of carbonyl (C=O) groups is 1. The van der Waals surface area contributed by atoms with E-state index in [1.807, 2.05) is 41.4 Å². The SMILES string of the molecule is Cc1cnc(-c2ccncc2)n1C1CCCN(C(=O)NCCc2ccccc2)C1. The Morgan fingerprint density at radius 2 is 1.97 bits per heavy atom. The number of aromatic nitrogens is 3. The molecular formula is C23H27N5O. The quantitative estimate of drug-likeness (QED) is 0.721. The molecule has 1 unspecified atom stereocenters. The minimum atomic E-state index is 0.0221.